The van der Waals surface area contributed by atoms with Crippen LogP contribution in [0, 0.1) is 6.92 Å². The van der Waals surface area contributed by atoms with Crippen molar-refractivity contribution in [3.8, 4) is 0 Å². The van der Waals surface area contributed by atoms with Gasteiger partial charge in [-0.2, -0.15) is 0 Å². The number of carbonyl (C=O) groups excluding carboxylic acids is 2. The van der Waals surface area contributed by atoms with Crippen molar-refractivity contribution >= 4 is 29.5 Å². The van der Waals surface area contributed by atoms with Crippen LogP contribution >= 0.6 is 11.8 Å². The molecular formula is C24H28N6O3S. The van der Waals surface area contributed by atoms with Crippen LogP contribution in [0.1, 0.15) is 28.7 Å². The quantitative estimate of drug-likeness (QED) is 0.359. The van der Waals surface area contributed by atoms with E-state index < -0.39 is 0 Å². The number of benzene rings is 1. The number of pyridine rings is 1. The average molecular weight is 481 g/mol. The number of hydrogen-bond acceptors (Lipinski definition) is 8. The fourth-order valence-electron chi connectivity index (χ4n) is 3.73. The molecule has 178 valence electrons. The van der Waals surface area contributed by atoms with Crippen LogP contribution in [0.25, 0.3) is 0 Å². The van der Waals surface area contributed by atoms with Crippen molar-refractivity contribution < 1.29 is 14.3 Å². The third-order valence-electron chi connectivity index (χ3n) is 5.63. The summed E-state index contributed by atoms with van der Waals surface area (Å²) in [6, 6.07) is 13.7. The Morgan fingerprint density at radius 3 is 2.47 bits per heavy atom. The molecule has 4 rings (SSSR count). The highest BCUT2D eigenvalue weighted by Crippen LogP contribution is 2.20. The number of piperazine rings is 1. The smallest absolute Gasteiger partial charge is 0.339 e. The topological polar surface area (TPSA) is 93.5 Å². The standard InChI is InChI=1S/C24H28N6O3S/c1-3-33-23(32)20-9-10-21(25-15-20)28-11-13-29(14-12-28)22(31)17-34-24-27-26-18(2)30(24)16-19-7-5-4-6-8-19/h4-10,15H,3,11-14,16-17H2,1-2H3. The van der Waals surface area contributed by atoms with E-state index in [9.17, 15) is 9.59 Å². The van der Waals surface area contributed by atoms with Crippen molar-refractivity contribution in [3.63, 3.8) is 0 Å². The van der Waals surface area contributed by atoms with Gasteiger partial charge in [0.2, 0.25) is 5.91 Å². The lowest BCUT2D eigenvalue weighted by Gasteiger charge is -2.35. The third-order valence-corrected chi connectivity index (χ3v) is 6.58. The van der Waals surface area contributed by atoms with Gasteiger partial charge in [-0.1, -0.05) is 42.1 Å². The average Bonchev–Trinajstić information content (AvgIpc) is 3.22. The minimum Gasteiger partial charge on any atom is -0.462 e. The SMILES string of the molecule is CCOC(=O)c1ccc(N2CCN(C(=O)CSc3nnc(C)n3Cc3ccccc3)CC2)nc1. The van der Waals surface area contributed by atoms with Crippen LogP contribution < -0.4 is 4.90 Å². The Bertz CT molecular complexity index is 1110. The number of thioether (sulfide) groups is 1. The summed E-state index contributed by atoms with van der Waals surface area (Å²) < 4.78 is 7.04. The van der Waals surface area contributed by atoms with Crippen molar-refractivity contribution in [2.75, 3.05) is 43.4 Å². The zero-order valence-electron chi connectivity index (χ0n) is 19.4. The molecule has 3 heterocycles. The molecule has 34 heavy (non-hydrogen) atoms. The number of rotatable bonds is 8. The highest BCUT2D eigenvalue weighted by molar-refractivity contribution is 7.99. The fourth-order valence-corrected chi connectivity index (χ4v) is 4.61. The number of esters is 1. The molecule has 1 aromatic carbocycles. The molecule has 1 saturated heterocycles. The van der Waals surface area contributed by atoms with E-state index in [2.05, 4.69) is 32.2 Å². The second-order valence-electron chi connectivity index (χ2n) is 7.88. The number of carbonyl (C=O) groups is 2. The molecule has 1 amide bonds. The molecule has 3 aromatic rings. The first-order valence-corrected chi connectivity index (χ1v) is 12.3. The molecule has 0 atom stereocenters. The summed E-state index contributed by atoms with van der Waals surface area (Å²) in [5.41, 5.74) is 1.60. The van der Waals surface area contributed by atoms with E-state index in [1.807, 2.05) is 40.7 Å². The molecule has 0 aliphatic carbocycles. The Hall–Kier alpha value is -3.40. The van der Waals surface area contributed by atoms with E-state index in [0.29, 0.717) is 50.6 Å². The second kappa shape index (κ2) is 11.1. The van der Waals surface area contributed by atoms with Gasteiger partial charge < -0.3 is 19.1 Å². The number of aryl methyl sites for hydroxylation is 1. The van der Waals surface area contributed by atoms with Gasteiger partial charge in [-0.15, -0.1) is 10.2 Å². The highest BCUT2D eigenvalue weighted by Gasteiger charge is 2.23. The summed E-state index contributed by atoms with van der Waals surface area (Å²) in [5, 5.41) is 9.22. The zero-order chi connectivity index (χ0) is 23.9. The van der Waals surface area contributed by atoms with Crippen molar-refractivity contribution in [1.82, 2.24) is 24.6 Å². The molecule has 2 aromatic heterocycles. The van der Waals surface area contributed by atoms with E-state index in [0.717, 1.165) is 16.8 Å². The number of ether oxygens (including phenoxy) is 1. The van der Waals surface area contributed by atoms with Gasteiger partial charge in [-0.25, -0.2) is 9.78 Å². The Balaban J connectivity index is 1.28. The fraction of sp³-hybridized carbons (Fsp3) is 0.375. The van der Waals surface area contributed by atoms with Crippen LogP contribution in [0.5, 0.6) is 0 Å². The lowest BCUT2D eigenvalue weighted by Crippen LogP contribution is -2.49. The summed E-state index contributed by atoms with van der Waals surface area (Å²) in [6.07, 6.45) is 1.54. The van der Waals surface area contributed by atoms with E-state index >= 15 is 0 Å². The van der Waals surface area contributed by atoms with Gasteiger partial charge in [0.15, 0.2) is 5.16 Å². The van der Waals surface area contributed by atoms with Gasteiger partial charge in [0.1, 0.15) is 11.6 Å². The molecular weight excluding hydrogens is 452 g/mol. The third kappa shape index (κ3) is 5.74. The first-order valence-electron chi connectivity index (χ1n) is 11.3. The lowest BCUT2D eigenvalue weighted by molar-refractivity contribution is -0.128. The number of anilines is 1. The summed E-state index contributed by atoms with van der Waals surface area (Å²) in [6.45, 7) is 7.32. The Kier molecular flexibility index (Phi) is 7.79. The first-order chi connectivity index (χ1) is 16.5. The molecule has 0 N–H and O–H groups in total. The van der Waals surface area contributed by atoms with Crippen LogP contribution in [0.3, 0.4) is 0 Å². The monoisotopic (exact) mass is 480 g/mol. The van der Waals surface area contributed by atoms with E-state index in [1.165, 1.54) is 23.5 Å². The maximum atomic E-state index is 12.8. The summed E-state index contributed by atoms with van der Waals surface area (Å²) in [4.78, 5) is 33.0. The molecule has 0 saturated carbocycles. The molecule has 1 fully saturated rings. The van der Waals surface area contributed by atoms with Crippen LogP contribution in [0.15, 0.2) is 53.8 Å². The normalized spacial score (nSPS) is 13.7. The van der Waals surface area contributed by atoms with Gasteiger partial charge in [-0.3, -0.25) is 4.79 Å². The zero-order valence-corrected chi connectivity index (χ0v) is 20.2. The van der Waals surface area contributed by atoms with E-state index in [4.69, 9.17) is 4.74 Å². The predicted molar refractivity (Wildman–Crippen MR) is 130 cm³/mol. The first kappa shape index (κ1) is 23.7. The van der Waals surface area contributed by atoms with Gasteiger partial charge in [0, 0.05) is 32.4 Å². The van der Waals surface area contributed by atoms with E-state index in [-0.39, 0.29) is 11.9 Å². The number of amides is 1. The molecule has 9 nitrogen and oxygen atoms in total. The Labute approximate surface area is 203 Å². The number of aromatic nitrogens is 4. The largest absolute Gasteiger partial charge is 0.462 e. The Morgan fingerprint density at radius 2 is 1.79 bits per heavy atom. The summed E-state index contributed by atoms with van der Waals surface area (Å²) in [7, 11) is 0. The predicted octanol–water partition coefficient (Wildman–Crippen LogP) is 2.65. The van der Waals surface area contributed by atoms with Gasteiger partial charge in [0.25, 0.3) is 0 Å². The molecule has 1 aliphatic heterocycles. The molecule has 1 aliphatic rings. The maximum absolute atomic E-state index is 12.8. The summed E-state index contributed by atoms with van der Waals surface area (Å²) >= 11 is 1.42. The number of nitrogens with zero attached hydrogens (tertiary/aromatic N) is 6. The van der Waals surface area contributed by atoms with Gasteiger partial charge in [0.05, 0.1) is 24.5 Å². The molecule has 10 heteroatoms. The van der Waals surface area contributed by atoms with Crippen molar-refractivity contribution in [2.24, 2.45) is 0 Å². The lowest BCUT2D eigenvalue weighted by atomic mass is 10.2. The maximum Gasteiger partial charge on any atom is 0.339 e. The minimum atomic E-state index is -0.371. The van der Waals surface area contributed by atoms with Gasteiger partial charge in [-0.05, 0) is 31.5 Å². The van der Waals surface area contributed by atoms with Crippen molar-refractivity contribution in [1.29, 1.82) is 0 Å². The summed E-state index contributed by atoms with van der Waals surface area (Å²) in [5.74, 6) is 1.65. The molecule has 0 spiro atoms. The van der Waals surface area contributed by atoms with Crippen LogP contribution in [-0.2, 0) is 16.1 Å². The molecule has 0 unspecified atom stereocenters. The Morgan fingerprint density at radius 1 is 1.03 bits per heavy atom. The van der Waals surface area contributed by atoms with E-state index in [1.54, 1.807) is 13.0 Å². The molecule has 0 bridgehead atoms. The second-order valence-corrected chi connectivity index (χ2v) is 8.83. The van der Waals surface area contributed by atoms with Crippen molar-refractivity contribution in [2.45, 2.75) is 25.5 Å². The van der Waals surface area contributed by atoms with Gasteiger partial charge >= 0.3 is 5.97 Å². The van der Waals surface area contributed by atoms with Crippen LogP contribution in [0.4, 0.5) is 5.82 Å². The highest BCUT2D eigenvalue weighted by atomic mass is 32.2. The van der Waals surface area contributed by atoms with Crippen LogP contribution in [-0.4, -0.2) is 75.1 Å². The number of hydrogen-bond donors (Lipinski definition) is 0. The molecule has 0 radical (unpaired) electrons. The van der Waals surface area contributed by atoms with Crippen molar-refractivity contribution in [3.05, 3.63) is 65.6 Å². The minimum absolute atomic E-state index is 0.0854. The van der Waals surface area contributed by atoms with Crippen LogP contribution in [0.2, 0.25) is 0 Å².